The standard InChI is InChI=1S/C26H23F4N7O/c27-20-14-18(26(28,29)30)9-12-21(20)33-24-25(38)37(15-22(34-24)17-4-2-1-3-5-17)19-10-6-16(7-11-19)8-13-23(35-31)36-32/h1-7,9-12,14-15H,8,13,31-32H2,(H,33,34)(H,35,36). The Hall–Kier alpha value is -4.71. The number of aryl methyl sites for hydroxylation is 1. The van der Waals surface area contributed by atoms with Crippen molar-refractivity contribution in [2.75, 3.05) is 5.32 Å². The quantitative estimate of drug-likeness (QED) is 0.0929. The lowest BCUT2D eigenvalue weighted by atomic mass is 10.1. The number of halogens is 4. The molecule has 0 bridgehead atoms. The molecule has 3 aromatic carbocycles. The van der Waals surface area contributed by atoms with Crippen molar-refractivity contribution in [3.05, 3.63) is 106 Å². The van der Waals surface area contributed by atoms with E-state index in [1.807, 2.05) is 18.2 Å². The number of nitrogens with one attached hydrogen (secondary N) is 2. The minimum atomic E-state index is -4.71. The molecule has 38 heavy (non-hydrogen) atoms. The van der Waals surface area contributed by atoms with E-state index in [0.29, 0.717) is 41.7 Å². The monoisotopic (exact) mass is 525 g/mol. The van der Waals surface area contributed by atoms with Crippen molar-refractivity contribution >= 4 is 17.3 Å². The molecular weight excluding hydrogens is 502 g/mol. The van der Waals surface area contributed by atoms with Gasteiger partial charge < -0.3 is 16.6 Å². The van der Waals surface area contributed by atoms with E-state index in [-0.39, 0.29) is 11.5 Å². The van der Waals surface area contributed by atoms with Gasteiger partial charge in [0, 0.05) is 23.9 Å². The van der Waals surface area contributed by atoms with E-state index in [1.165, 1.54) is 4.57 Å². The number of amidine groups is 1. The first kappa shape index (κ1) is 26.4. The minimum Gasteiger partial charge on any atom is -0.333 e. The number of alkyl halides is 3. The van der Waals surface area contributed by atoms with Gasteiger partial charge in [-0.05, 0) is 42.3 Å². The molecule has 1 aromatic heterocycles. The van der Waals surface area contributed by atoms with Gasteiger partial charge in [-0.2, -0.15) is 18.3 Å². The fourth-order valence-electron chi connectivity index (χ4n) is 3.69. The molecule has 12 heteroatoms. The number of hydrogen-bond donors (Lipinski definition) is 4. The maximum absolute atomic E-state index is 14.5. The highest BCUT2D eigenvalue weighted by Crippen LogP contribution is 2.32. The van der Waals surface area contributed by atoms with E-state index in [1.54, 1.807) is 42.6 Å². The number of rotatable bonds is 7. The maximum Gasteiger partial charge on any atom is 0.416 e. The topological polar surface area (TPSA) is 123 Å². The van der Waals surface area contributed by atoms with Gasteiger partial charge >= 0.3 is 6.18 Å². The first-order valence-electron chi connectivity index (χ1n) is 11.3. The van der Waals surface area contributed by atoms with Crippen LogP contribution < -0.4 is 28.0 Å². The van der Waals surface area contributed by atoms with Crippen LogP contribution in [-0.2, 0) is 12.6 Å². The molecule has 0 aliphatic rings. The number of nitrogens with zero attached hydrogens (tertiary/aromatic N) is 3. The Bertz CT molecular complexity index is 1500. The van der Waals surface area contributed by atoms with Crippen molar-refractivity contribution in [3.8, 4) is 16.9 Å². The Morgan fingerprint density at radius 1 is 1.03 bits per heavy atom. The second kappa shape index (κ2) is 11.1. The van der Waals surface area contributed by atoms with Gasteiger partial charge in [0.25, 0.3) is 5.56 Å². The number of nitrogens with two attached hydrogens (primary N) is 2. The Morgan fingerprint density at radius 3 is 2.34 bits per heavy atom. The normalized spacial score (nSPS) is 11.9. The summed E-state index contributed by atoms with van der Waals surface area (Å²) in [7, 11) is 0. The molecule has 6 N–H and O–H groups in total. The average Bonchev–Trinajstić information content (AvgIpc) is 2.92. The Kier molecular flexibility index (Phi) is 7.72. The van der Waals surface area contributed by atoms with Gasteiger partial charge in [-0.1, -0.05) is 42.5 Å². The molecule has 4 rings (SSSR count). The Labute approximate surface area is 214 Å². The molecule has 0 aliphatic heterocycles. The van der Waals surface area contributed by atoms with Crippen LogP contribution in [0, 0.1) is 5.82 Å². The summed E-state index contributed by atoms with van der Waals surface area (Å²) in [5.41, 5.74) is 2.83. The first-order chi connectivity index (χ1) is 18.2. The lowest BCUT2D eigenvalue weighted by molar-refractivity contribution is -0.137. The van der Waals surface area contributed by atoms with Crippen LogP contribution in [0.3, 0.4) is 0 Å². The number of aromatic nitrogens is 2. The van der Waals surface area contributed by atoms with Crippen LogP contribution in [0.5, 0.6) is 0 Å². The van der Waals surface area contributed by atoms with E-state index in [0.717, 1.165) is 17.7 Å². The second-order valence-electron chi connectivity index (χ2n) is 8.22. The summed E-state index contributed by atoms with van der Waals surface area (Å²) < 4.78 is 54.7. The zero-order valence-electron chi connectivity index (χ0n) is 19.8. The predicted octanol–water partition coefficient (Wildman–Crippen LogP) is 4.47. The SMILES string of the molecule is N/N=C(/CCc1ccc(-n2cc(-c3ccccc3)nc(Nc3ccc(C(F)(F)F)cc3F)c2=O)cc1)NN. The second-order valence-corrected chi connectivity index (χ2v) is 8.22. The van der Waals surface area contributed by atoms with E-state index in [9.17, 15) is 22.4 Å². The molecule has 1 heterocycles. The third kappa shape index (κ3) is 5.98. The van der Waals surface area contributed by atoms with Crippen LogP contribution in [0.4, 0.5) is 29.1 Å². The highest BCUT2D eigenvalue weighted by Gasteiger charge is 2.31. The van der Waals surface area contributed by atoms with Crippen LogP contribution >= 0.6 is 0 Å². The summed E-state index contributed by atoms with van der Waals surface area (Å²) in [5.74, 6) is 9.60. The molecule has 0 fully saturated rings. The van der Waals surface area contributed by atoms with Gasteiger partial charge in [0.05, 0.1) is 16.9 Å². The van der Waals surface area contributed by atoms with E-state index in [2.05, 4.69) is 20.8 Å². The summed E-state index contributed by atoms with van der Waals surface area (Å²) in [5, 5.41) is 6.11. The number of anilines is 2. The van der Waals surface area contributed by atoms with E-state index >= 15 is 0 Å². The van der Waals surface area contributed by atoms with Crippen LogP contribution in [-0.4, -0.2) is 15.4 Å². The summed E-state index contributed by atoms with van der Waals surface area (Å²) in [6.45, 7) is 0. The van der Waals surface area contributed by atoms with Gasteiger partial charge in [-0.25, -0.2) is 15.2 Å². The van der Waals surface area contributed by atoms with Crippen molar-refractivity contribution in [3.63, 3.8) is 0 Å². The molecule has 8 nitrogen and oxygen atoms in total. The Balaban J connectivity index is 1.73. The Morgan fingerprint density at radius 2 is 1.74 bits per heavy atom. The highest BCUT2D eigenvalue weighted by atomic mass is 19.4. The third-order valence-corrected chi connectivity index (χ3v) is 5.71. The molecule has 0 aliphatic carbocycles. The minimum absolute atomic E-state index is 0.257. The lowest BCUT2D eigenvalue weighted by Crippen LogP contribution is -2.31. The molecule has 0 atom stereocenters. The van der Waals surface area contributed by atoms with Crippen LogP contribution in [0.1, 0.15) is 17.5 Å². The molecule has 4 aromatic rings. The van der Waals surface area contributed by atoms with E-state index < -0.39 is 23.1 Å². The van der Waals surface area contributed by atoms with Crippen LogP contribution in [0.25, 0.3) is 16.9 Å². The van der Waals surface area contributed by atoms with Gasteiger partial charge in [0.1, 0.15) is 11.7 Å². The molecule has 0 saturated heterocycles. The summed E-state index contributed by atoms with van der Waals surface area (Å²) in [4.78, 5) is 17.7. The number of hydrazone groups is 1. The zero-order chi connectivity index (χ0) is 27.3. The van der Waals surface area contributed by atoms with Gasteiger partial charge in [0.2, 0.25) is 0 Å². The summed E-state index contributed by atoms with van der Waals surface area (Å²) in [6, 6.07) is 18.1. The van der Waals surface area contributed by atoms with Crippen molar-refractivity contribution < 1.29 is 17.6 Å². The van der Waals surface area contributed by atoms with Crippen LogP contribution in [0.15, 0.2) is 88.9 Å². The number of benzene rings is 3. The molecular formula is C26H23F4N7O. The highest BCUT2D eigenvalue weighted by molar-refractivity contribution is 5.81. The van der Waals surface area contributed by atoms with Crippen molar-refractivity contribution in [2.45, 2.75) is 19.0 Å². The third-order valence-electron chi connectivity index (χ3n) is 5.71. The van der Waals surface area contributed by atoms with Crippen molar-refractivity contribution in [2.24, 2.45) is 16.8 Å². The molecule has 196 valence electrons. The van der Waals surface area contributed by atoms with E-state index in [4.69, 9.17) is 11.7 Å². The maximum atomic E-state index is 14.5. The van der Waals surface area contributed by atoms with Crippen LogP contribution in [0.2, 0.25) is 0 Å². The molecule has 0 spiro atoms. The first-order valence-corrected chi connectivity index (χ1v) is 11.3. The smallest absolute Gasteiger partial charge is 0.333 e. The molecule has 0 saturated carbocycles. The fraction of sp³-hybridized carbons (Fsp3) is 0.115. The zero-order valence-corrected chi connectivity index (χ0v) is 19.8. The predicted molar refractivity (Wildman–Crippen MR) is 137 cm³/mol. The lowest BCUT2D eigenvalue weighted by Gasteiger charge is -2.14. The molecule has 0 amide bonds. The largest absolute Gasteiger partial charge is 0.416 e. The molecule has 0 unspecified atom stereocenters. The number of hydrogen-bond acceptors (Lipinski definition) is 6. The number of hydrazine groups is 1. The van der Waals surface area contributed by atoms with Gasteiger partial charge in [-0.3, -0.25) is 9.36 Å². The van der Waals surface area contributed by atoms with Gasteiger partial charge in [0.15, 0.2) is 5.82 Å². The van der Waals surface area contributed by atoms with Crippen molar-refractivity contribution in [1.82, 2.24) is 15.0 Å². The fourth-order valence-corrected chi connectivity index (χ4v) is 3.69. The molecule has 0 radical (unpaired) electrons. The van der Waals surface area contributed by atoms with Crippen molar-refractivity contribution in [1.29, 1.82) is 0 Å². The summed E-state index contributed by atoms with van der Waals surface area (Å²) >= 11 is 0. The van der Waals surface area contributed by atoms with Gasteiger partial charge in [-0.15, -0.1) is 0 Å². The summed E-state index contributed by atoms with van der Waals surface area (Å²) in [6.07, 6.45) is -2.10. The average molecular weight is 526 g/mol.